The number of hydrogen-bond donors (Lipinski definition) is 3. The number of nitrogens with zero attached hydrogens (tertiary/aromatic N) is 2. The molecular formula is C24H19N5O4. The number of methoxy groups -OCH3 is 1. The zero-order valence-corrected chi connectivity index (χ0v) is 17.6. The van der Waals surface area contributed by atoms with E-state index in [4.69, 9.17) is 15.2 Å². The number of primary amides is 1. The van der Waals surface area contributed by atoms with E-state index < -0.39 is 5.91 Å². The molecule has 0 unspecified atom stereocenters. The number of carbonyl (C=O) groups excluding carboxylic acids is 2. The van der Waals surface area contributed by atoms with Gasteiger partial charge in [0.15, 0.2) is 0 Å². The summed E-state index contributed by atoms with van der Waals surface area (Å²) >= 11 is 0. The highest BCUT2D eigenvalue weighted by molar-refractivity contribution is 5.94. The number of H-pyrrole nitrogens is 1. The Balaban J connectivity index is 1.54. The first kappa shape index (κ1) is 20.3. The minimum Gasteiger partial charge on any atom is -0.495 e. The van der Waals surface area contributed by atoms with Crippen LogP contribution in [0, 0.1) is 0 Å². The molecule has 0 bridgehead atoms. The molecule has 164 valence electrons. The van der Waals surface area contributed by atoms with Crippen LogP contribution < -0.4 is 20.5 Å². The maximum absolute atomic E-state index is 11.5. The van der Waals surface area contributed by atoms with Gasteiger partial charge in [-0.05, 0) is 48.7 Å². The van der Waals surface area contributed by atoms with Crippen molar-refractivity contribution in [3.05, 3.63) is 65.4 Å². The molecule has 2 aromatic carbocycles. The third-order valence-electron chi connectivity index (χ3n) is 5.50. The molecule has 5 rings (SSSR count). The van der Waals surface area contributed by atoms with Crippen LogP contribution >= 0.6 is 0 Å². The van der Waals surface area contributed by atoms with E-state index in [0.717, 1.165) is 17.5 Å². The third kappa shape index (κ3) is 3.66. The molecule has 0 atom stereocenters. The van der Waals surface area contributed by atoms with Crippen LogP contribution in [0.5, 0.6) is 17.4 Å². The molecular weight excluding hydrogens is 422 g/mol. The highest BCUT2D eigenvalue weighted by atomic mass is 16.5. The van der Waals surface area contributed by atoms with Crippen LogP contribution in [-0.4, -0.2) is 33.9 Å². The van der Waals surface area contributed by atoms with Crippen LogP contribution in [0.1, 0.15) is 27.9 Å². The fourth-order valence-electron chi connectivity index (χ4n) is 3.92. The Kier molecular flexibility index (Phi) is 5.01. The summed E-state index contributed by atoms with van der Waals surface area (Å²) in [5.74, 6) is 3.00. The highest BCUT2D eigenvalue weighted by Gasteiger charge is 2.23. The maximum atomic E-state index is 11.5. The van der Waals surface area contributed by atoms with E-state index in [-0.39, 0.29) is 5.95 Å². The van der Waals surface area contributed by atoms with Crippen molar-refractivity contribution in [2.45, 2.75) is 12.8 Å². The summed E-state index contributed by atoms with van der Waals surface area (Å²) in [6, 6.07) is 12.3. The summed E-state index contributed by atoms with van der Waals surface area (Å²) in [6.45, 7) is 0. The van der Waals surface area contributed by atoms with Gasteiger partial charge in [0.25, 0.3) is 0 Å². The Bertz CT molecular complexity index is 1450. The minimum absolute atomic E-state index is 0.254. The van der Waals surface area contributed by atoms with Crippen LogP contribution in [0.15, 0.2) is 48.7 Å². The van der Waals surface area contributed by atoms with Crippen LogP contribution in [0.3, 0.4) is 0 Å². The number of hydrogen-bond acceptors (Lipinski definition) is 7. The first-order valence-electron chi connectivity index (χ1n) is 10.2. The standard InChI is InChI=1S/C24H19N5O4/c1-32-19-11-14(21(25)31)7-8-17(19)27-24-28-22-16(9-10-26-22)23(29-24)33-18-4-2-3-13-5-6-15(12-30)20(13)18/h2-4,7-11H,5-6H2,1H3,(H2,25,31)(H2,26,27,28,29). The van der Waals surface area contributed by atoms with Gasteiger partial charge in [0.1, 0.15) is 23.1 Å². The van der Waals surface area contributed by atoms with Gasteiger partial charge < -0.3 is 25.5 Å². The molecule has 1 aliphatic carbocycles. The summed E-state index contributed by atoms with van der Waals surface area (Å²) in [4.78, 5) is 35.0. The quantitative estimate of drug-likeness (QED) is 0.388. The predicted molar refractivity (Wildman–Crippen MR) is 123 cm³/mol. The molecule has 9 heteroatoms. The Hall–Kier alpha value is -4.62. The van der Waals surface area contributed by atoms with Gasteiger partial charge in [-0.25, -0.2) is 4.79 Å². The van der Waals surface area contributed by atoms with Crippen LogP contribution in [-0.2, 0) is 11.2 Å². The second-order valence-corrected chi connectivity index (χ2v) is 7.47. The zero-order chi connectivity index (χ0) is 22.9. The van der Waals surface area contributed by atoms with E-state index >= 15 is 0 Å². The normalized spacial score (nSPS) is 12.3. The number of rotatable bonds is 6. The number of allylic oxidation sites excluding steroid dienone is 1. The lowest BCUT2D eigenvalue weighted by Gasteiger charge is -2.14. The number of amides is 1. The van der Waals surface area contributed by atoms with Crippen molar-refractivity contribution < 1.29 is 19.1 Å². The second kappa shape index (κ2) is 8.14. The summed E-state index contributed by atoms with van der Waals surface area (Å²) < 4.78 is 11.6. The predicted octanol–water partition coefficient (Wildman–Crippen LogP) is 3.76. The van der Waals surface area contributed by atoms with Crippen molar-refractivity contribution in [2.75, 3.05) is 12.4 Å². The van der Waals surface area contributed by atoms with Crippen LogP contribution in [0.2, 0.25) is 0 Å². The first-order valence-corrected chi connectivity index (χ1v) is 10.2. The van der Waals surface area contributed by atoms with Crippen molar-refractivity contribution >= 4 is 40.1 Å². The fourth-order valence-corrected chi connectivity index (χ4v) is 3.92. The van der Waals surface area contributed by atoms with Crippen molar-refractivity contribution in [2.24, 2.45) is 5.73 Å². The number of anilines is 2. The molecule has 33 heavy (non-hydrogen) atoms. The molecule has 0 saturated carbocycles. The van der Waals surface area contributed by atoms with E-state index in [1.165, 1.54) is 13.2 Å². The van der Waals surface area contributed by atoms with E-state index in [1.54, 1.807) is 24.4 Å². The minimum atomic E-state index is -0.557. The summed E-state index contributed by atoms with van der Waals surface area (Å²) in [5.41, 5.74) is 9.20. The van der Waals surface area contributed by atoms with Crippen LogP contribution in [0.25, 0.3) is 16.6 Å². The third-order valence-corrected chi connectivity index (χ3v) is 5.50. The number of ether oxygens (including phenoxy) is 2. The van der Waals surface area contributed by atoms with E-state index in [2.05, 4.69) is 20.3 Å². The molecule has 9 nitrogen and oxygen atoms in total. The van der Waals surface area contributed by atoms with Crippen LogP contribution in [0.4, 0.5) is 11.6 Å². The molecule has 1 aliphatic rings. The number of fused-ring (bicyclic) bond motifs is 2. The average molecular weight is 441 g/mol. The van der Waals surface area contributed by atoms with E-state index in [9.17, 15) is 9.59 Å². The monoisotopic (exact) mass is 441 g/mol. The number of aromatic amines is 1. The lowest BCUT2D eigenvalue weighted by molar-refractivity contribution is 0.1000. The van der Waals surface area contributed by atoms with Gasteiger partial charge in [-0.3, -0.25) is 4.79 Å². The molecule has 4 N–H and O–H groups in total. The topological polar surface area (TPSA) is 132 Å². The number of benzene rings is 2. The first-order chi connectivity index (χ1) is 16.1. The van der Waals surface area contributed by atoms with Gasteiger partial charge in [0.05, 0.1) is 18.2 Å². The van der Waals surface area contributed by atoms with Crippen molar-refractivity contribution in [1.82, 2.24) is 15.0 Å². The maximum Gasteiger partial charge on any atom is 0.248 e. The van der Waals surface area contributed by atoms with Crippen molar-refractivity contribution in [3.63, 3.8) is 0 Å². The zero-order valence-electron chi connectivity index (χ0n) is 17.6. The molecule has 4 aromatic rings. The smallest absolute Gasteiger partial charge is 0.248 e. The Labute approximate surface area is 188 Å². The van der Waals surface area contributed by atoms with Gasteiger partial charge >= 0.3 is 0 Å². The highest BCUT2D eigenvalue weighted by Crippen LogP contribution is 2.40. The molecule has 0 radical (unpaired) electrons. The molecule has 0 saturated heterocycles. The number of aryl methyl sites for hydroxylation is 1. The molecule has 2 aromatic heterocycles. The summed E-state index contributed by atoms with van der Waals surface area (Å²) in [5, 5.41) is 3.79. The van der Waals surface area contributed by atoms with E-state index in [1.807, 2.05) is 24.1 Å². The summed E-state index contributed by atoms with van der Waals surface area (Å²) in [6.07, 6.45) is 3.15. The molecule has 1 amide bonds. The largest absolute Gasteiger partial charge is 0.495 e. The second-order valence-electron chi connectivity index (χ2n) is 7.47. The average Bonchev–Trinajstić information content (AvgIpc) is 3.46. The van der Waals surface area contributed by atoms with Gasteiger partial charge in [0, 0.05) is 22.9 Å². The Morgan fingerprint density at radius 3 is 2.82 bits per heavy atom. The Morgan fingerprint density at radius 2 is 2.03 bits per heavy atom. The number of nitrogens with one attached hydrogen (secondary N) is 2. The van der Waals surface area contributed by atoms with Gasteiger partial charge in [-0.2, -0.15) is 9.97 Å². The molecule has 0 aliphatic heterocycles. The number of carbonyl (C=O) groups is 1. The summed E-state index contributed by atoms with van der Waals surface area (Å²) in [7, 11) is 1.49. The Morgan fingerprint density at radius 1 is 1.15 bits per heavy atom. The van der Waals surface area contributed by atoms with Gasteiger partial charge in [-0.15, -0.1) is 0 Å². The van der Waals surface area contributed by atoms with Gasteiger partial charge in [0.2, 0.25) is 17.7 Å². The fraction of sp³-hybridized carbons (Fsp3) is 0.125. The molecule has 0 spiro atoms. The molecule has 0 fully saturated rings. The lowest BCUT2D eigenvalue weighted by Crippen LogP contribution is -2.11. The van der Waals surface area contributed by atoms with Crippen molar-refractivity contribution in [3.8, 4) is 17.4 Å². The van der Waals surface area contributed by atoms with E-state index in [0.29, 0.717) is 51.7 Å². The molecule has 2 heterocycles. The SMILES string of the molecule is COc1cc(C(N)=O)ccc1Nc1nc(Oc2cccc3c2C(=C=O)CC3)c2cc[nH]c2n1. The number of aromatic nitrogens is 3. The van der Waals surface area contributed by atoms with Gasteiger partial charge in [-0.1, -0.05) is 12.1 Å². The lowest BCUT2D eigenvalue weighted by atomic mass is 10.1. The number of nitrogens with two attached hydrogens (primary N) is 1. The van der Waals surface area contributed by atoms with Crippen molar-refractivity contribution in [1.29, 1.82) is 0 Å².